The number of para-hydroxylation sites is 1. The van der Waals surface area contributed by atoms with Gasteiger partial charge in [-0.25, -0.2) is 4.98 Å². The Balaban J connectivity index is 1.91. The SMILES string of the molecule is OCCN(c1nnc2ccccc2n1)C1CCCCC1. The molecule has 20 heavy (non-hydrogen) atoms. The number of hydrogen-bond acceptors (Lipinski definition) is 5. The Morgan fingerprint density at radius 2 is 1.80 bits per heavy atom. The maximum absolute atomic E-state index is 9.32. The largest absolute Gasteiger partial charge is 0.395 e. The van der Waals surface area contributed by atoms with Gasteiger partial charge in [0.1, 0.15) is 5.52 Å². The molecule has 1 aliphatic carbocycles. The molecule has 0 aliphatic heterocycles. The van der Waals surface area contributed by atoms with Gasteiger partial charge in [-0.3, -0.25) is 0 Å². The minimum Gasteiger partial charge on any atom is -0.395 e. The third-order valence-corrected chi connectivity index (χ3v) is 3.96. The van der Waals surface area contributed by atoms with Gasteiger partial charge >= 0.3 is 0 Å². The highest BCUT2D eigenvalue weighted by atomic mass is 16.3. The van der Waals surface area contributed by atoms with Crippen molar-refractivity contribution in [3.63, 3.8) is 0 Å². The van der Waals surface area contributed by atoms with Crippen molar-refractivity contribution in [1.29, 1.82) is 0 Å². The van der Waals surface area contributed by atoms with Crippen LogP contribution in [0.1, 0.15) is 32.1 Å². The second-order valence-corrected chi connectivity index (χ2v) is 5.31. The van der Waals surface area contributed by atoms with Crippen LogP contribution >= 0.6 is 0 Å². The number of aliphatic hydroxyl groups excluding tert-OH is 1. The summed E-state index contributed by atoms with van der Waals surface area (Å²) in [6.07, 6.45) is 6.09. The van der Waals surface area contributed by atoms with E-state index in [0.29, 0.717) is 18.5 Å². The van der Waals surface area contributed by atoms with Crippen molar-refractivity contribution in [3.8, 4) is 0 Å². The second kappa shape index (κ2) is 6.13. The smallest absolute Gasteiger partial charge is 0.246 e. The van der Waals surface area contributed by atoms with E-state index in [1.807, 2.05) is 24.3 Å². The third-order valence-electron chi connectivity index (χ3n) is 3.96. The van der Waals surface area contributed by atoms with Gasteiger partial charge in [0, 0.05) is 12.6 Å². The number of nitrogens with zero attached hydrogens (tertiary/aromatic N) is 4. The van der Waals surface area contributed by atoms with Crippen molar-refractivity contribution < 1.29 is 5.11 Å². The molecule has 106 valence electrons. The summed E-state index contributed by atoms with van der Waals surface area (Å²) in [6.45, 7) is 0.692. The van der Waals surface area contributed by atoms with Gasteiger partial charge in [0.15, 0.2) is 0 Å². The van der Waals surface area contributed by atoms with Gasteiger partial charge < -0.3 is 10.0 Å². The quantitative estimate of drug-likeness (QED) is 0.924. The molecule has 0 unspecified atom stereocenters. The molecule has 1 heterocycles. The number of benzene rings is 1. The summed E-state index contributed by atoms with van der Waals surface area (Å²) in [5.74, 6) is 0.643. The predicted octanol–water partition coefficient (Wildman–Crippen LogP) is 2.16. The highest BCUT2D eigenvalue weighted by Gasteiger charge is 2.23. The van der Waals surface area contributed by atoms with Crippen LogP contribution in [0.3, 0.4) is 0 Å². The van der Waals surface area contributed by atoms with Gasteiger partial charge in [0.05, 0.1) is 12.1 Å². The number of rotatable bonds is 4. The van der Waals surface area contributed by atoms with Gasteiger partial charge in [-0.05, 0) is 25.0 Å². The average Bonchev–Trinajstić information content (AvgIpc) is 2.53. The van der Waals surface area contributed by atoms with E-state index in [1.54, 1.807) is 0 Å². The molecule has 1 saturated carbocycles. The maximum atomic E-state index is 9.32. The van der Waals surface area contributed by atoms with Crippen LogP contribution in [0, 0.1) is 0 Å². The van der Waals surface area contributed by atoms with Crippen molar-refractivity contribution in [2.75, 3.05) is 18.1 Å². The molecule has 3 rings (SSSR count). The molecule has 1 fully saturated rings. The van der Waals surface area contributed by atoms with E-state index in [2.05, 4.69) is 20.1 Å². The molecular weight excluding hydrogens is 252 g/mol. The standard InChI is InChI=1S/C15H20N4O/c20-11-10-19(12-6-2-1-3-7-12)15-16-13-8-4-5-9-14(13)17-18-15/h4-5,8-9,12,20H,1-3,6-7,10-11H2. The molecule has 1 N–H and O–H groups in total. The lowest BCUT2D eigenvalue weighted by molar-refractivity contribution is 0.288. The van der Waals surface area contributed by atoms with E-state index < -0.39 is 0 Å². The van der Waals surface area contributed by atoms with Gasteiger partial charge in [0.25, 0.3) is 0 Å². The fraction of sp³-hybridized carbons (Fsp3) is 0.533. The topological polar surface area (TPSA) is 62.1 Å². The summed E-state index contributed by atoms with van der Waals surface area (Å²) < 4.78 is 0. The fourth-order valence-electron chi connectivity index (χ4n) is 2.94. The Hall–Kier alpha value is -1.75. The Kier molecular flexibility index (Phi) is 4.06. The zero-order chi connectivity index (χ0) is 13.8. The summed E-state index contributed by atoms with van der Waals surface area (Å²) in [5, 5.41) is 17.8. The van der Waals surface area contributed by atoms with E-state index in [9.17, 15) is 5.11 Å². The highest BCUT2D eigenvalue weighted by molar-refractivity contribution is 5.74. The van der Waals surface area contributed by atoms with Crippen molar-refractivity contribution in [1.82, 2.24) is 15.2 Å². The van der Waals surface area contributed by atoms with Gasteiger partial charge in [-0.2, -0.15) is 0 Å². The second-order valence-electron chi connectivity index (χ2n) is 5.31. The highest BCUT2D eigenvalue weighted by Crippen LogP contribution is 2.25. The number of aliphatic hydroxyl groups is 1. The van der Waals surface area contributed by atoms with Crippen LogP contribution in [0.4, 0.5) is 5.95 Å². The molecule has 0 radical (unpaired) electrons. The average molecular weight is 272 g/mol. The Morgan fingerprint density at radius 3 is 2.55 bits per heavy atom. The van der Waals surface area contributed by atoms with Crippen LogP contribution in [0.25, 0.3) is 11.0 Å². The summed E-state index contributed by atoms with van der Waals surface area (Å²) in [5.41, 5.74) is 1.67. The molecule has 2 aromatic rings. The third kappa shape index (κ3) is 2.72. The summed E-state index contributed by atoms with van der Waals surface area (Å²) >= 11 is 0. The lowest BCUT2D eigenvalue weighted by Gasteiger charge is -2.33. The molecule has 0 bridgehead atoms. The molecular formula is C15H20N4O. The first kappa shape index (κ1) is 13.2. The van der Waals surface area contributed by atoms with E-state index >= 15 is 0 Å². The summed E-state index contributed by atoms with van der Waals surface area (Å²) in [6, 6.07) is 8.18. The van der Waals surface area contributed by atoms with Gasteiger partial charge in [-0.15, -0.1) is 10.2 Å². The number of aromatic nitrogens is 3. The lowest BCUT2D eigenvalue weighted by Crippen LogP contribution is -2.40. The molecule has 1 aromatic heterocycles. The predicted molar refractivity (Wildman–Crippen MR) is 78.6 cm³/mol. The monoisotopic (exact) mass is 272 g/mol. The molecule has 0 amide bonds. The summed E-state index contributed by atoms with van der Waals surface area (Å²) in [7, 11) is 0. The van der Waals surface area contributed by atoms with Crippen molar-refractivity contribution in [2.24, 2.45) is 0 Å². The summed E-state index contributed by atoms with van der Waals surface area (Å²) in [4.78, 5) is 6.73. The molecule has 0 atom stereocenters. The zero-order valence-electron chi connectivity index (χ0n) is 11.6. The molecule has 1 aromatic carbocycles. The normalized spacial score (nSPS) is 16.4. The first-order chi connectivity index (χ1) is 9.88. The number of hydrogen-bond donors (Lipinski definition) is 1. The van der Waals surface area contributed by atoms with Crippen LogP contribution < -0.4 is 4.90 Å². The Bertz CT molecular complexity index is 569. The van der Waals surface area contributed by atoms with E-state index in [4.69, 9.17) is 0 Å². The Labute approximate surface area is 118 Å². The molecule has 0 spiro atoms. The van der Waals surface area contributed by atoms with E-state index in [0.717, 1.165) is 23.9 Å². The number of fused-ring (bicyclic) bond motifs is 1. The van der Waals surface area contributed by atoms with Crippen LogP contribution in [0.2, 0.25) is 0 Å². The molecule has 1 aliphatic rings. The molecule has 0 saturated heterocycles. The van der Waals surface area contributed by atoms with Gasteiger partial charge in [-0.1, -0.05) is 31.4 Å². The van der Waals surface area contributed by atoms with E-state index in [-0.39, 0.29) is 6.61 Å². The van der Waals surface area contributed by atoms with Crippen LogP contribution in [0.15, 0.2) is 24.3 Å². The van der Waals surface area contributed by atoms with Crippen molar-refractivity contribution in [2.45, 2.75) is 38.1 Å². The lowest BCUT2D eigenvalue weighted by atomic mass is 9.94. The minimum atomic E-state index is 0.118. The van der Waals surface area contributed by atoms with E-state index in [1.165, 1.54) is 19.3 Å². The number of anilines is 1. The maximum Gasteiger partial charge on any atom is 0.246 e. The van der Waals surface area contributed by atoms with Crippen LogP contribution in [-0.4, -0.2) is 39.5 Å². The van der Waals surface area contributed by atoms with Gasteiger partial charge in [0.2, 0.25) is 5.95 Å². The van der Waals surface area contributed by atoms with Crippen LogP contribution in [-0.2, 0) is 0 Å². The van der Waals surface area contributed by atoms with Crippen molar-refractivity contribution in [3.05, 3.63) is 24.3 Å². The Morgan fingerprint density at radius 1 is 1.05 bits per heavy atom. The zero-order valence-corrected chi connectivity index (χ0v) is 11.6. The first-order valence-electron chi connectivity index (χ1n) is 7.35. The first-order valence-corrected chi connectivity index (χ1v) is 7.35. The fourth-order valence-corrected chi connectivity index (χ4v) is 2.94. The van der Waals surface area contributed by atoms with Crippen LogP contribution in [0.5, 0.6) is 0 Å². The molecule has 5 heteroatoms. The minimum absolute atomic E-state index is 0.118. The van der Waals surface area contributed by atoms with Crippen molar-refractivity contribution >= 4 is 17.0 Å². The molecule has 5 nitrogen and oxygen atoms in total.